The fourth-order valence-electron chi connectivity index (χ4n) is 2.97. The minimum atomic E-state index is 0.662. The van der Waals surface area contributed by atoms with E-state index in [1.165, 1.54) is 16.7 Å². The first kappa shape index (κ1) is 12.8. The lowest BCUT2D eigenvalue weighted by Gasteiger charge is -1.97. The quantitative estimate of drug-likeness (QED) is 0.466. The molecule has 4 rings (SSSR count). The molecule has 1 aromatic heterocycles. The molecule has 0 amide bonds. The van der Waals surface area contributed by atoms with Crippen LogP contribution in [0.25, 0.3) is 33.4 Å². The average molecular weight is 286 g/mol. The molecule has 22 heavy (non-hydrogen) atoms. The molecule has 2 heteroatoms. The fraction of sp³-hybridized carbons (Fsp3) is 0.0500. The topological polar surface area (TPSA) is 30.2 Å². The second-order valence-electron chi connectivity index (χ2n) is 5.50. The summed E-state index contributed by atoms with van der Waals surface area (Å²) in [7, 11) is 0. The van der Waals surface area contributed by atoms with Gasteiger partial charge in [-0.1, -0.05) is 30.3 Å². The number of benzene rings is 1. The van der Waals surface area contributed by atoms with Crippen LogP contribution in [-0.4, -0.2) is 6.29 Å². The summed E-state index contributed by atoms with van der Waals surface area (Å²) in [4.78, 5) is 10.9. The van der Waals surface area contributed by atoms with E-state index in [0.29, 0.717) is 5.56 Å². The zero-order valence-electron chi connectivity index (χ0n) is 12.2. The van der Waals surface area contributed by atoms with Gasteiger partial charge in [0.1, 0.15) is 17.6 Å². The molecule has 2 nitrogen and oxygen atoms in total. The molecule has 0 aliphatic heterocycles. The molecule has 0 saturated carbocycles. The molecule has 0 spiro atoms. The monoisotopic (exact) mass is 286 g/mol. The summed E-state index contributed by atoms with van der Waals surface area (Å²) in [5, 5.41) is 0.951. The first-order chi connectivity index (χ1) is 10.8. The predicted octanol–water partition coefficient (Wildman–Crippen LogP) is 5.33. The van der Waals surface area contributed by atoms with Crippen molar-refractivity contribution < 1.29 is 9.21 Å². The molecule has 2 aliphatic carbocycles. The third-order valence-electron chi connectivity index (χ3n) is 4.06. The van der Waals surface area contributed by atoms with E-state index < -0.39 is 0 Å². The Morgan fingerprint density at radius 1 is 0.864 bits per heavy atom. The van der Waals surface area contributed by atoms with E-state index in [-0.39, 0.29) is 0 Å². The van der Waals surface area contributed by atoms with Gasteiger partial charge in [-0.25, -0.2) is 0 Å². The van der Waals surface area contributed by atoms with Crippen molar-refractivity contribution in [2.75, 3.05) is 0 Å². The van der Waals surface area contributed by atoms with Crippen LogP contribution in [0.1, 0.15) is 15.9 Å². The number of carbonyl (C=O) groups excluding carboxylic acids is 1. The standard InChI is InChI=1S/C20H14O2/c1-13-9-18(17-6-4-2-3-5-16(13)17)20-11-15-10-14(12-21)7-8-19(15)22-20/h2-12H,1H3. The van der Waals surface area contributed by atoms with Gasteiger partial charge in [0.2, 0.25) is 0 Å². The minimum Gasteiger partial charge on any atom is -0.456 e. The lowest BCUT2D eigenvalue weighted by molar-refractivity contribution is 0.112. The number of carbonyl (C=O) groups is 1. The first-order valence-corrected chi connectivity index (χ1v) is 7.24. The lowest BCUT2D eigenvalue weighted by atomic mass is 10.1. The molecule has 0 unspecified atom stereocenters. The van der Waals surface area contributed by atoms with E-state index in [2.05, 4.69) is 25.1 Å². The average Bonchev–Trinajstić information content (AvgIpc) is 2.98. The summed E-state index contributed by atoms with van der Waals surface area (Å²) in [5.74, 6) is 0.836. The van der Waals surface area contributed by atoms with Crippen LogP contribution in [0.2, 0.25) is 0 Å². The van der Waals surface area contributed by atoms with Crippen molar-refractivity contribution in [1.29, 1.82) is 0 Å². The van der Waals surface area contributed by atoms with E-state index in [9.17, 15) is 4.79 Å². The first-order valence-electron chi connectivity index (χ1n) is 7.24. The Balaban J connectivity index is 1.95. The highest BCUT2D eigenvalue weighted by atomic mass is 16.3. The zero-order valence-corrected chi connectivity index (χ0v) is 12.2. The van der Waals surface area contributed by atoms with Crippen LogP contribution in [0.5, 0.6) is 0 Å². The molecular weight excluding hydrogens is 272 g/mol. The van der Waals surface area contributed by atoms with E-state index >= 15 is 0 Å². The summed E-state index contributed by atoms with van der Waals surface area (Å²) < 4.78 is 5.99. The van der Waals surface area contributed by atoms with Gasteiger partial charge in [0.05, 0.1) is 0 Å². The van der Waals surface area contributed by atoms with E-state index in [1.54, 1.807) is 6.07 Å². The molecule has 1 aromatic carbocycles. The SMILES string of the molecule is Cc1cc(-c2cc3cc(C=O)ccc3o2)c2cccccc1-2. The van der Waals surface area contributed by atoms with Gasteiger partial charge in [0.25, 0.3) is 0 Å². The Kier molecular flexibility index (Phi) is 2.83. The number of hydrogen-bond acceptors (Lipinski definition) is 2. The van der Waals surface area contributed by atoms with Crippen LogP contribution in [0, 0.1) is 6.92 Å². The van der Waals surface area contributed by atoms with Crippen molar-refractivity contribution in [3.8, 4) is 22.5 Å². The number of hydrogen-bond donors (Lipinski definition) is 0. The third-order valence-corrected chi connectivity index (χ3v) is 4.06. The Morgan fingerprint density at radius 3 is 2.50 bits per heavy atom. The summed E-state index contributed by atoms with van der Waals surface area (Å²) in [5.41, 5.74) is 6.19. The molecule has 0 fully saturated rings. The van der Waals surface area contributed by atoms with Crippen molar-refractivity contribution in [3.63, 3.8) is 0 Å². The smallest absolute Gasteiger partial charge is 0.150 e. The normalized spacial score (nSPS) is 11.1. The minimum absolute atomic E-state index is 0.662. The highest BCUT2D eigenvalue weighted by Gasteiger charge is 2.16. The van der Waals surface area contributed by atoms with Crippen molar-refractivity contribution >= 4 is 17.3 Å². The van der Waals surface area contributed by atoms with Gasteiger partial charge in [-0.2, -0.15) is 0 Å². The number of fused-ring (bicyclic) bond motifs is 2. The molecule has 0 radical (unpaired) electrons. The van der Waals surface area contributed by atoms with Gasteiger partial charge in [-0.15, -0.1) is 0 Å². The molecule has 2 aromatic rings. The lowest BCUT2D eigenvalue weighted by Crippen LogP contribution is -1.75. The van der Waals surface area contributed by atoms with Crippen LogP contribution in [0.4, 0.5) is 0 Å². The molecule has 0 saturated heterocycles. The van der Waals surface area contributed by atoms with Gasteiger partial charge >= 0.3 is 0 Å². The second-order valence-corrected chi connectivity index (χ2v) is 5.50. The van der Waals surface area contributed by atoms with Crippen molar-refractivity contribution in [2.24, 2.45) is 0 Å². The molecule has 1 heterocycles. The van der Waals surface area contributed by atoms with E-state index in [1.807, 2.05) is 36.4 Å². The highest BCUT2D eigenvalue weighted by molar-refractivity contribution is 5.93. The molecule has 2 aliphatic rings. The number of rotatable bonds is 2. The van der Waals surface area contributed by atoms with Crippen LogP contribution in [0.15, 0.2) is 65.1 Å². The molecule has 0 atom stereocenters. The van der Waals surface area contributed by atoms with Gasteiger partial charge in [0.15, 0.2) is 0 Å². The maximum Gasteiger partial charge on any atom is 0.150 e. The van der Waals surface area contributed by atoms with Gasteiger partial charge in [-0.3, -0.25) is 4.79 Å². The van der Waals surface area contributed by atoms with E-state index in [0.717, 1.165) is 28.6 Å². The third kappa shape index (κ3) is 1.92. The summed E-state index contributed by atoms with van der Waals surface area (Å²) >= 11 is 0. The summed E-state index contributed by atoms with van der Waals surface area (Å²) in [6.07, 6.45) is 0.855. The summed E-state index contributed by atoms with van der Waals surface area (Å²) in [6, 6.07) is 20.0. The number of furan rings is 1. The van der Waals surface area contributed by atoms with Gasteiger partial charge in [-0.05, 0) is 53.9 Å². The largest absolute Gasteiger partial charge is 0.456 e. The molecule has 0 N–H and O–H groups in total. The fourth-order valence-corrected chi connectivity index (χ4v) is 2.97. The molecule has 106 valence electrons. The van der Waals surface area contributed by atoms with E-state index in [4.69, 9.17) is 4.42 Å². The second kappa shape index (κ2) is 4.85. The van der Waals surface area contributed by atoms with Crippen LogP contribution in [0.3, 0.4) is 0 Å². The Labute approximate surface area is 128 Å². The van der Waals surface area contributed by atoms with Crippen LogP contribution < -0.4 is 0 Å². The maximum absolute atomic E-state index is 10.9. The Hall–Kier alpha value is -2.87. The zero-order chi connectivity index (χ0) is 15.1. The van der Waals surface area contributed by atoms with Crippen molar-refractivity contribution in [3.05, 3.63) is 71.8 Å². The number of aldehydes is 1. The summed E-state index contributed by atoms with van der Waals surface area (Å²) in [6.45, 7) is 2.11. The predicted molar refractivity (Wildman–Crippen MR) is 88.4 cm³/mol. The van der Waals surface area contributed by atoms with Crippen molar-refractivity contribution in [2.45, 2.75) is 6.92 Å². The van der Waals surface area contributed by atoms with Gasteiger partial charge in [0, 0.05) is 16.5 Å². The van der Waals surface area contributed by atoms with Gasteiger partial charge < -0.3 is 4.42 Å². The number of aryl methyl sites for hydroxylation is 1. The maximum atomic E-state index is 10.9. The highest BCUT2D eigenvalue weighted by Crippen LogP contribution is 2.40. The Bertz CT molecular complexity index is 963. The van der Waals surface area contributed by atoms with Crippen LogP contribution >= 0.6 is 0 Å². The molecular formula is C20H14O2. The van der Waals surface area contributed by atoms with Crippen LogP contribution in [-0.2, 0) is 0 Å². The molecule has 0 bridgehead atoms. The Morgan fingerprint density at radius 2 is 1.68 bits per heavy atom. The van der Waals surface area contributed by atoms with Crippen molar-refractivity contribution in [1.82, 2.24) is 0 Å².